The van der Waals surface area contributed by atoms with Gasteiger partial charge in [0, 0.05) is 22.8 Å². The van der Waals surface area contributed by atoms with Crippen LogP contribution in [0.15, 0.2) is 48.5 Å². The van der Waals surface area contributed by atoms with Gasteiger partial charge in [-0.3, -0.25) is 4.90 Å². The van der Waals surface area contributed by atoms with Crippen molar-refractivity contribution in [3.63, 3.8) is 0 Å². The molecule has 2 aromatic carbocycles. The largest absolute Gasteiger partial charge is 0.334 e. The highest BCUT2D eigenvalue weighted by Crippen LogP contribution is 2.30. The minimum Gasteiger partial charge on any atom is -0.334 e. The first-order valence-electron chi connectivity index (χ1n) is 11.8. The van der Waals surface area contributed by atoms with Crippen LogP contribution < -0.4 is 10.6 Å². The molecule has 0 bridgehead atoms. The molecule has 0 unspecified atom stereocenters. The van der Waals surface area contributed by atoms with E-state index >= 15 is 0 Å². The fourth-order valence-electron chi connectivity index (χ4n) is 5.15. The molecular formula is C26H34ClN3O. The van der Waals surface area contributed by atoms with Crippen LogP contribution in [0.25, 0.3) is 0 Å². The maximum absolute atomic E-state index is 12.6. The zero-order valence-electron chi connectivity index (χ0n) is 18.4. The molecule has 1 aliphatic carbocycles. The predicted molar refractivity (Wildman–Crippen MR) is 129 cm³/mol. The van der Waals surface area contributed by atoms with E-state index in [0.717, 1.165) is 49.0 Å². The summed E-state index contributed by atoms with van der Waals surface area (Å²) in [7, 11) is 0. The van der Waals surface area contributed by atoms with Crippen LogP contribution in [-0.4, -0.2) is 36.1 Å². The van der Waals surface area contributed by atoms with E-state index < -0.39 is 0 Å². The number of nitrogens with zero attached hydrogens (tertiary/aromatic N) is 1. The van der Waals surface area contributed by atoms with Gasteiger partial charge in [0.25, 0.3) is 0 Å². The molecule has 2 fully saturated rings. The fourth-order valence-corrected chi connectivity index (χ4v) is 5.27. The lowest BCUT2D eigenvalue weighted by molar-refractivity contribution is 0.119. The Hall–Kier alpha value is -2.04. The van der Waals surface area contributed by atoms with E-state index in [1.165, 1.54) is 36.8 Å². The maximum Gasteiger partial charge on any atom is 0.319 e. The molecule has 2 amide bonds. The van der Waals surface area contributed by atoms with Crippen molar-refractivity contribution >= 4 is 23.3 Å². The SMILES string of the molecule is CCc1ccc(NC(=O)N[C@@H]2CCC[C@H]2N2CCC(Cc3ccc(Cl)cc3)CC2)cc1. The number of anilines is 1. The molecule has 5 heteroatoms. The van der Waals surface area contributed by atoms with E-state index in [0.29, 0.717) is 6.04 Å². The molecule has 1 saturated carbocycles. The average molecular weight is 440 g/mol. The van der Waals surface area contributed by atoms with Gasteiger partial charge in [-0.15, -0.1) is 0 Å². The first-order valence-corrected chi connectivity index (χ1v) is 12.1. The van der Waals surface area contributed by atoms with Gasteiger partial charge in [0.15, 0.2) is 0 Å². The van der Waals surface area contributed by atoms with E-state index in [9.17, 15) is 4.79 Å². The number of urea groups is 1. The number of halogens is 1. The molecule has 0 radical (unpaired) electrons. The molecule has 1 saturated heterocycles. The van der Waals surface area contributed by atoms with E-state index in [1.807, 2.05) is 24.3 Å². The van der Waals surface area contributed by atoms with E-state index in [-0.39, 0.29) is 12.1 Å². The van der Waals surface area contributed by atoms with Crippen LogP contribution in [-0.2, 0) is 12.8 Å². The average Bonchev–Trinajstić information content (AvgIpc) is 3.24. The standard InChI is InChI=1S/C26H34ClN3O/c1-2-19-8-12-23(13-9-19)28-26(31)29-24-4-3-5-25(24)30-16-14-21(15-17-30)18-20-6-10-22(27)11-7-20/h6-13,21,24-25H,2-5,14-18H2,1H3,(H2,28,29,31)/t24-,25-/m1/s1. The van der Waals surface area contributed by atoms with E-state index in [2.05, 4.69) is 46.7 Å². The summed E-state index contributed by atoms with van der Waals surface area (Å²) in [6.45, 7) is 4.39. The van der Waals surface area contributed by atoms with Crippen LogP contribution >= 0.6 is 11.6 Å². The number of carbonyl (C=O) groups is 1. The van der Waals surface area contributed by atoms with Gasteiger partial charge in [0.05, 0.1) is 0 Å². The Bertz CT molecular complexity index is 844. The zero-order chi connectivity index (χ0) is 21.6. The highest BCUT2D eigenvalue weighted by atomic mass is 35.5. The van der Waals surface area contributed by atoms with Crippen molar-refractivity contribution in [3.05, 3.63) is 64.7 Å². The van der Waals surface area contributed by atoms with Crippen molar-refractivity contribution < 1.29 is 4.79 Å². The third-order valence-electron chi connectivity index (χ3n) is 6.97. The lowest BCUT2D eigenvalue weighted by atomic mass is 9.89. The Morgan fingerprint density at radius 1 is 0.968 bits per heavy atom. The lowest BCUT2D eigenvalue weighted by Gasteiger charge is -2.38. The Kier molecular flexibility index (Phi) is 7.52. The van der Waals surface area contributed by atoms with Crippen LogP contribution in [0.5, 0.6) is 0 Å². The summed E-state index contributed by atoms with van der Waals surface area (Å²) in [6, 6.07) is 17.0. The van der Waals surface area contributed by atoms with Crippen molar-refractivity contribution in [3.8, 4) is 0 Å². The van der Waals surface area contributed by atoms with Crippen LogP contribution in [0.1, 0.15) is 50.2 Å². The molecule has 1 aliphatic heterocycles. The fraction of sp³-hybridized carbons (Fsp3) is 0.500. The van der Waals surface area contributed by atoms with E-state index in [1.54, 1.807) is 0 Å². The summed E-state index contributed by atoms with van der Waals surface area (Å²) in [6.07, 6.45) is 8.02. The normalized spacial score (nSPS) is 22.4. The number of hydrogen-bond acceptors (Lipinski definition) is 2. The third-order valence-corrected chi connectivity index (χ3v) is 7.22. The Labute approximate surface area is 191 Å². The summed E-state index contributed by atoms with van der Waals surface area (Å²) in [5.74, 6) is 0.736. The summed E-state index contributed by atoms with van der Waals surface area (Å²) in [4.78, 5) is 15.2. The second-order valence-corrected chi connectivity index (χ2v) is 9.50. The Morgan fingerprint density at radius 2 is 1.65 bits per heavy atom. The number of nitrogens with one attached hydrogen (secondary N) is 2. The second kappa shape index (κ2) is 10.5. The van der Waals surface area contributed by atoms with Crippen molar-refractivity contribution in [2.75, 3.05) is 18.4 Å². The number of likely N-dealkylation sites (tertiary alicyclic amines) is 1. The van der Waals surface area contributed by atoms with Gasteiger partial charge >= 0.3 is 6.03 Å². The first-order chi connectivity index (χ1) is 15.1. The zero-order valence-corrected chi connectivity index (χ0v) is 19.2. The monoisotopic (exact) mass is 439 g/mol. The minimum atomic E-state index is -0.0845. The molecule has 1 heterocycles. The second-order valence-electron chi connectivity index (χ2n) is 9.06. The Balaban J connectivity index is 1.25. The van der Waals surface area contributed by atoms with Gasteiger partial charge in [-0.2, -0.15) is 0 Å². The van der Waals surface area contributed by atoms with Gasteiger partial charge in [0.2, 0.25) is 0 Å². The highest BCUT2D eigenvalue weighted by Gasteiger charge is 2.35. The third kappa shape index (κ3) is 6.02. The molecule has 2 N–H and O–H groups in total. The van der Waals surface area contributed by atoms with Gasteiger partial charge < -0.3 is 10.6 Å². The van der Waals surface area contributed by atoms with Gasteiger partial charge in [-0.25, -0.2) is 4.79 Å². The molecule has 0 aromatic heterocycles. The predicted octanol–water partition coefficient (Wildman–Crippen LogP) is 5.90. The molecule has 4 rings (SSSR count). The van der Waals surface area contributed by atoms with Crippen molar-refractivity contribution in [2.45, 2.75) is 64.0 Å². The topological polar surface area (TPSA) is 44.4 Å². The van der Waals surface area contributed by atoms with Crippen molar-refractivity contribution in [1.29, 1.82) is 0 Å². The Morgan fingerprint density at radius 3 is 2.32 bits per heavy atom. The number of hydrogen-bond donors (Lipinski definition) is 2. The minimum absolute atomic E-state index is 0.0845. The van der Waals surface area contributed by atoms with Crippen molar-refractivity contribution in [2.24, 2.45) is 5.92 Å². The molecule has 2 aromatic rings. The molecular weight excluding hydrogens is 406 g/mol. The molecule has 166 valence electrons. The molecule has 2 aliphatic rings. The van der Waals surface area contributed by atoms with Crippen LogP contribution in [0.3, 0.4) is 0 Å². The quantitative estimate of drug-likeness (QED) is 0.588. The van der Waals surface area contributed by atoms with Crippen LogP contribution in [0.4, 0.5) is 10.5 Å². The van der Waals surface area contributed by atoms with Crippen LogP contribution in [0, 0.1) is 5.92 Å². The summed E-state index contributed by atoms with van der Waals surface area (Å²) < 4.78 is 0. The number of carbonyl (C=O) groups excluding carboxylic acids is 1. The van der Waals surface area contributed by atoms with Crippen molar-refractivity contribution in [1.82, 2.24) is 10.2 Å². The lowest BCUT2D eigenvalue weighted by Crippen LogP contribution is -2.52. The summed E-state index contributed by atoms with van der Waals surface area (Å²) in [5, 5.41) is 7.07. The molecule has 31 heavy (non-hydrogen) atoms. The first kappa shape index (κ1) is 22.2. The number of amides is 2. The number of benzene rings is 2. The highest BCUT2D eigenvalue weighted by molar-refractivity contribution is 6.30. The summed E-state index contributed by atoms with van der Waals surface area (Å²) in [5.41, 5.74) is 3.51. The molecule has 2 atom stereocenters. The number of rotatable bonds is 6. The van der Waals surface area contributed by atoms with E-state index in [4.69, 9.17) is 11.6 Å². The molecule has 4 nitrogen and oxygen atoms in total. The summed E-state index contributed by atoms with van der Waals surface area (Å²) >= 11 is 6.01. The number of piperidine rings is 1. The van der Waals surface area contributed by atoms with Gasteiger partial charge in [0.1, 0.15) is 0 Å². The smallest absolute Gasteiger partial charge is 0.319 e. The number of aryl methyl sites for hydroxylation is 1. The molecule has 0 spiro atoms. The van der Waals surface area contributed by atoms with Crippen LogP contribution in [0.2, 0.25) is 5.02 Å². The maximum atomic E-state index is 12.6. The van der Waals surface area contributed by atoms with Gasteiger partial charge in [-0.05, 0) is 99.3 Å². The van der Waals surface area contributed by atoms with Gasteiger partial charge in [-0.1, -0.05) is 42.8 Å².